The molecule has 2 atom stereocenters. The second kappa shape index (κ2) is 9.14. The molecule has 3 N–H and O–H groups in total. The number of thioether (sulfide) groups is 1. The van der Waals surface area contributed by atoms with Gasteiger partial charge >= 0.3 is 5.97 Å². The summed E-state index contributed by atoms with van der Waals surface area (Å²) in [7, 11) is 1.61. The summed E-state index contributed by atoms with van der Waals surface area (Å²) in [5.74, 6) is -0.907. The first-order chi connectivity index (χ1) is 13.9. The Hall–Kier alpha value is -2.11. The summed E-state index contributed by atoms with van der Waals surface area (Å²) in [5, 5.41) is 13.8. The fourth-order valence-electron chi connectivity index (χ4n) is 3.36. The van der Waals surface area contributed by atoms with E-state index in [1.54, 1.807) is 14.0 Å². The number of carboxylic acid groups (broad SMARTS) is 1. The number of aromatic carboxylic acids is 1. The van der Waals surface area contributed by atoms with Gasteiger partial charge in [0.15, 0.2) is 11.0 Å². The molecule has 1 fully saturated rings. The van der Waals surface area contributed by atoms with Crippen LogP contribution in [0, 0.1) is 6.92 Å². The molecule has 0 aliphatic carbocycles. The highest BCUT2D eigenvalue weighted by Crippen LogP contribution is 2.29. The maximum Gasteiger partial charge on any atom is 0.347 e. The predicted octanol–water partition coefficient (Wildman–Crippen LogP) is 2.18. The molecule has 2 aromatic rings. The Bertz CT molecular complexity index is 875. The molecule has 158 valence electrons. The van der Waals surface area contributed by atoms with Crippen molar-refractivity contribution in [1.29, 1.82) is 0 Å². The molecule has 0 unspecified atom stereocenters. The lowest BCUT2D eigenvalue weighted by Crippen LogP contribution is -2.55. The first-order valence-electron chi connectivity index (χ1n) is 9.30. The minimum atomic E-state index is -0.966. The zero-order valence-electron chi connectivity index (χ0n) is 16.8. The van der Waals surface area contributed by atoms with Crippen molar-refractivity contribution in [3.8, 4) is 0 Å². The van der Waals surface area contributed by atoms with Gasteiger partial charge in [-0.15, -0.1) is 11.8 Å². The first kappa shape index (κ1) is 21.6. The molecule has 0 radical (unpaired) electrons. The molecule has 2 aromatic heterocycles. The molecule has 1 amide bonds. The molecule has 1 saturated heterocycles. The van der Waals surface area contributed by atoms with Crippen LogP contribution in [-0.2, 0) is 11.2 Å². The molecule has 0 spiro atoms. The Morgan fingerprint density at radius 2 is 2.21 bits per heavy atom. The normalized spacial score (nSPS) is 19.4. The number of piperidine rings is 1. The molecule has 29 heavy (non-hydrogen) atoms. The van der Waals surface area contributed by atoms with E-state index in [1.807, 2.05) is 18.1 Å². The van der Waals surface area contributed by atoms with Crippen LogP contribution in [0.4, 0.5) is 5.13 Å². The third-order valence-corrected chi connectivity index (χ3v) is 6.86. The van der Waals surface area contributed by atoms with Crippen molar-refractivity contribution in [3.63, 3.8) is 0 Å². The van der Waals surface area contributed by atoms with Crippen molar-refractivity contribution in [3.05, 3.63) is 22.1 Å². The average molecular weight is 440 g/mol. The van der Waals surface area contributed by atoms with Gasteiger partial charge in [-0.3, -0.25) is 4.79 Å². The van der Waals surface area contributed by atoms with Gasteiger partial charge in [-0.2, -0.15) is 0 Å². The minimum absolute atomic E-state index is 0.170. The number of imidazole rings is 1. The lowest BCUT2D eigenvalue weighted by Gasteiger charge is -2.37. The third-order valence-electron chi connectivity index (χ3n) is 4.93. The number of amides is 1. The Labute approximate surface area is 177 Å². The van der Waals surface area contributed by atoms with Crippen molar-refractivity contribution in [2.24, 2.45) is 0 Å². The summed E-state index contributed by atoms with van der Waals surface area (Å²) in [6.45, 7) is 4.87. The highest BCUT2D eigenvalue weighted by atomic mass is 32.2. The van der Waals surface area contributed by atoms with Crippen molar-refractivity contribution in [2.75, 3.05) is 31.4 Å². The predicted molar refractivity (Wildman–Crippen MR) is 112 cm³/mol. The summed E-state index contributed by atoms with van der Waals surface area (Å²) in [6, 6.07) is -0.170. The number of rotatable bonds is 7. The van der Waals surface area contributed by atoms with Crippen LogP contribution in [0.2, 0.25) is 0 Å². The number of methoxy groups -OCH3 is 1. The number of aryl methyl sites for hydroxylation is 2. The Morgan fingerprint density at radius 3 is 2.76 bits per heavy atom. The Morgan fingerprint density at radius 1 is 1.45 bits per heavy atom. The number of anilines is 1. The van der Waals surface area contributed by atoms with Crippen LogP contribution in [-0.4, -0.2) is 70.5 Å². The number of H-pyrrole nitrogens is 1. The molecule has 1 aliphatic rings. The topological polar surface area (TPSA) is 120 Å². The summed E-state index contributed by atoms with van der Waals surface area (Å²) >= 11 is 2.67. The highest BCUT2D eigenvalue weighted by Gasteiger charge is 2.33. The second-order valence-corrected chi connectivity index (χ2v) is 8.50. The van der Waals surface area contributed by atoms with E-state index in [9.17, 15) is 14.7 Å². The van der Waals surface area contributed by atoms with E-state index in [4.69, 9.17) is 4.74 Å². The Kier molecular flexibility index (Phi) is 6.81. The van der Waals surface area contributed by atoms with Crippen LogP contribution in [0.1, 0.15) is 45.0 Å². The molecule has 3 rings (SSSR count). The number of carboxylic acids is 1. The number of carbonyl (C=O) groups excluding carboxylic acids is 1. The van der Waals surface area contributed by atoms with E-state index in [2.05, 4.69) is 20.3 Å². The lowest BCUT2D eigenvalue weighted by molar-refractivity contribution is 0.0538. The van der Waals surface area contributed by atoms with E-state index < -0.39 is 5.97 Å². The third kappa shape index (κ3) is 4.57. The quantitative estimate of drug-likeness (QED) is 0.562. The second-order valence-electron chi connectivity index (χ2n) is 6.73. The van der Waals surface area contributed by atoms with E-state index in [0.717, 1.165) is 28.5 Å². The number of aromatic amines is 1. The maximum atomic E-state index is 12.7. The Balaban J connectivity index is 1.68. The molecule has 0 aromatic carbocycles. The van der Waals surface area contributed by atoms with Crippen LogP contribution in [0.15, 0.2) is 5.03 Å². The van der Waals surface area contributed by atoms with Gasteiger partial charge in [0.25, 0.3) is 5.91 Å². The van der Waals surface area contributed by atoms with Gasteiger partial charge in [0.2, 0.25) is 0 Å². The molecule has 0 bridgehead atoms. The average Bonchev–Trinajstić information content (AvgIpc) is 3.31. The number of carbonyl (C=O) groups is 2. The van der Waals surface area contributed by atoms with E-state index >= 15 is 0 Å². The van der Waals surface area contributed by atoms with Crippen molar-refractivity contribution in [1.82, 2.24) is 20.3 Å². The van der Waals surface area contributed by atoms with Gasteiger partial charge in [-0.25, -0.2) is 14.8 Å². The number of thiazole rings is 1. The summed E-state index contributed by atoms with van der Waals surface area (Å²) in [5.41, 5.74) is 1.46. The van der Waals surface area contributed by atoms with Gasteiger partial charge in [-0.1, -0.05) is 18.3 Å². The molecule has 11 heteroatoms. The molecule has 9 nitrogen and oxygen atoms in total. The van der Waals surface area contributed by atoms with E-state index in [0.29, 0.717) is 36.2 Å². The standard InChI is InChI=1S/C18H25N5O4S2/c1-5-10-16(28-4)22-14(20-10)15(24)21-11-6-7-23(8-12(11)27-3)18-19-9(2)13(29-18)17(25)26/h11-12H,5-8H2,1-4H3,(H,20,22)(H,21,24)(H,25,26)/t11-,12+/m1/s1. The zero-order valence-corrected chi connectivity index (χ0v) is 18.4. The zero-order chi connectivity index (χ0) is 21.1. The SMILES string of the molecule is CCc1[nH]c(C(=O)N[C@@H]2CCN(c3nc(C)c(C(=O)O)s3)C[C@@H]2OC)nc1SC. The van der Waals surface area contributed by atoms with Crippen molar-refractivity contribution < 1.29 is 19.4 Å². The molecule has 3 heterocycles. The minimum Gasteiger partial charge on any atom is -0.477 e. The number of hydrogen-bond acceptors (Lipinski definition) is 8. The van der Waals surface area contributed by atoms with E-state index in [-0.39, 0.29) is 22.9 Å². The number of nitrogens with one attached hydrogen (secondary N) is 2. The van der Waals surface area contributed by atoms with Crippen LogP contribution in [0.25, 0.3) is 0 Å². The van der Waals surface area contributed by atoms with Crippen LogP contribution in [0.5, 0.6) is 0 Å². The fraction of sp³-hybridized carbons (Fsp3) is 0.556. The number of hydrogen-bond donors (Lipinski definition) is 3. The van der Waals surface area contributed by atoms with Crippen molar-refractivity contribution in [2.45, 2.75) is 43.9 Å². The number of ether oxygens (including phenoxy) is 1. The lowest BCUT2D eigenvalue weighted by atomic mass is 10.0. The van der Waals surface area contributed by atoms with Gasteiger partial charge < -0.3 is 25.0 Å². The summed E-state index contributed by atoms with van der Waals surface area (Å²) in [6.07, 6.45) is 3.12. The first-order valence-corrected chi connectivity index (χ1v) is 11.3. The molecular weight excluding hydrogens is 414 g/mol. The molecular formula is C18H25N5O4S2. The monoisotopic (exact) mass is 439 g/mol. The van der Waals surface area contributed by atoms with Gasteiger partial charge in [0.05, 0.1) is 17.8 Å². The van der Waals surface area contributed by atoms with Crippen LogP contribution in [0.3, 0.4) is 0 Å². The largest absolute Gasteiger partial charge is 0.477 e. The highest BCUT2D eigenvalue weighted by molar-refractivity contribution is 7.98. The van der Waals surface area contributed by atoms with Gasteiger partial charge in [-0.05, 0) is 26.0 Å². The van der Waals surface area contributed by atoms with Gasteiger partial charge in [0, 0.05) is 25.9 Å². The van der Waals surface area contributed by atoms with Gasteiger partial charge in [0.1, 0.15) is 9.90 Å². The molecule has 0 saturated carbocycles. The van der Waals surface area contributed by atoms with Crippen molar-refractivity contribution >= 4 is 40.1 Å². The smallest absolute Gasteiger partial charge is 0.347 e. The number of nitrogens with zero attached hydrogens (tertiary/aromatic N) is 3. The summed E-state index contributed by atoms with van der Waals surface area (Å²) in [4.78, 5) is 38.1. The van der Waals surface area contributed by atoms with E-state index in [1.165, 1.54) is 11.8 Å². The number of aromatic nitrogens is 3. The molecule has 1 aliphatic heterocycles. The fourth-order valence-corrected chi connectivity index (χ4v) is 4.92. The summed E-state index contributed by atoms with van der Waals surface area (Å²) < 4.78 is 5.62. The van der Waals surface area contributed by atoms with Crippen LogP contribution < -0.4 is 10.2 Å². The maximum absolute atomic E-state index is 12.7. The van der Waals surface area contributed by atoms with Crippen LogP contribution >= 0.6 is 23.1 Å².